The number of hydrogen-bond donors (Lipinski definition) is 0. The Bertz CT molecular complexity index is 3410. The summed E-state index contributed by atoms with van der Waals surface area (Å²) >= 11 is 1.88. The van der Waals surface area contributed by atoms with E-state index in [1.165, 1.54) is 85.3 Å². The van der Waals surface area contributed by atoms with Crippen LogP contribution in [-0.2, 0) is 0 Å². The predicted octanol–water partition coefficient (Wildman–Crippen LogP) is 14.2. The summed E-state index contributed by atoms with van der Waals surface area (Å²) in [6, 6.07) is 59.7. The highest BCUT2D eigenvalue weighted by Gasteiger charge is 2.25. The van der Waals surface area contributed by atoms with Crippen molar-refractivity contribution in [2.75, 3.05) is 0 Å². The Morgan fingerprint density at radius 2 is 1.00 bits per heavy atom. The highest BCUT2D eigenvalue weighted by Crippen LogP contribution is 2.50. The second-order valence-corrected chi connectivity index (χ2v) is 14.6. The number of fused-ring (bicyclic) bond motifs is 18. The lowest BCUT2D eigenvalue weighted by Crippen LogP contribution is -1.95. The number of para-hydroxylation sites is 2. The maximum Gasteiger partial charge on any atom is 0.160 e. The lowest BCUT2D eigenvalue weighted by atomic mass is 9.89. The fourth-order valence-electron chi connectivity index (χ4n) is 8.86. The van der Waals surface area contributed by atoms with Crippen molar-refractivity contribution in [2.24, 2.45) is 0 Å². The van der Waals surface area contributed by atoms with Crippen LogP contribution in [0.15, 0.2) is 168 Å². The van der Waals surface area contributed by atoms with E-state index in [4.69, 9.17) is 4.42 Å². The van der Waals surface area contributed by atoms with E-state index in [1.807, 2.05) is 11.3 Å². The quantitative estimate of drug-likeness (QED) is 0.168. The molecule has 0 atom stereocenters. The van der Waals surface area contributed by atoms with Crippen molar-refractivity contribution < 1.29 is 4.42 Å². The second kappa shape index (κ2) is 10.1. The lowest BCUT2D eigenvalue weighted by Gasteiger charge is -2.14. The summed E-state index contributed by atoms with van der Waals surface area (Å²) in [6.45, 7) is 0. The smallest absolute Gasteiger partial charge is 0.160 e. The molecule has 0 saturated heterocycles. The molecular formula is C48H27NOS. The molecule has 3 heterocycles. The van der Waals surface area contributed by atoms with Crippen LogP contribution in [-0.4, -0.2) is 4.57 Å². The molecule has 0 radical (unpaired) electrons. The number of aromatic nitrogens is 1. The van der Waals surface area contributed by atoms with Crippen molar-refractivity contribution in [3.63, 3.8) is 0 Å². The summed E-state index contributed by atoms with van der Waals surface area (Å²) < 4.78 is 12.1. The lowest BCUT2D eigenvalue weighted by molar-refractivity contribution is 0.671. The number of benzene rings is 9. The van der Waals surface area contributed by atoms with E-state index in [1.54, 1.807) is 0 Å². The number of hydrogen-bond acceptors (Lipinski definition) is 2. The molecule has 0 saturated carbocycles. The average Bonchev–Trinajstić information content (AvgIpc) is 3.88. The van der Waals surface area contributed by atoms with Gasteiger partial charge in [-0.1, -0.05) is 133 Å². The number of nitrogens with zero attached hydrogens (tertiary/aromatic N) is 1. The van der Waals surface area contributed by atoms with Gasteiger partial charge in [-0.3, -0.25) is 0 Å². The minimum atomic E-state index is 0.905. The van der Waals surface area contributed by atoms with Gasteiger partial charge in [0.15, 0.2) is 5.58 Å². The molecule has 12 rings (SSSR count). The fourth-order valence-corrected chi connectivity index (χ4v) is 10.1. The Kier molecular flexibility index (Phi) is 5.41. The zero-order chi connectivity index (χ0) is 33.2. The third kappa shape index (κ3) is 3.60. The van der Waals surface area contributed by atoms with Crippen molar-refractivity contribution in [3.05, 3.63) is 164 Å². The van der Waals surface area contributed by atoms with Crippen molar-refractivity contribution >= 4 is 108 Å². The summed E-state index contributed by atoms with van der Waals surface area (Å²) in [6.07, 6.45) is 0. The first-order valence-corrected chi connectivity index (χ1v) is 18.3. The van der Waals surface area contributed by atoms with Crippen LogP contribution in [0.4, 0.5) is 0 Å². The minimum Gasteiger partial charge on any atom is -0.454 e. The largest absolute Gasteiger partial charge is 0.454 e. The van der Waals surface area contributed by atoms with Gasteiger partial charge in [-0.15, -0.1) is 11.3 Å². The molecule has 0 amide bonds. The van der Waals surface area contributed by atoms with Crippen LogP contribution >= 0.6 is 11.3 Å². The summed E-state index contributed by atoms with van der Waals surface area (Å²) in [4.78, 5) is 0. The molecular weight excluding hydrogens is 639 g/mol. The summed E-state index contributed by atoms with van der Waals surface area (Å²) in [5.74, 6) is 0. The number of thiophene rings is 1. The van der Waals surface area contributed by atoms with E-state index >= 15 is 0 Å². The molecule has 0 spiro atoms. The molecule has 51 heavy (non-hydrogen) atoms. The summed E-state index contributed by atoms with van der Waals surface area (Å²) in [5, 5.41) is 15.0. The molecule has 236 valence electrons. The van der Waals surface area contributed by atoms with Gasteiger partial charge in [-0.05, 0) is 63.0 Å². The molecule has 3 aromatic heterocycles. The number of furan rings is 1. The summed E-state index contributed by atoms with van der Waals surface area (Å²) in [5.41, 5.74) is 7.70. The molecule has 0 bridgehead atoms. The van der Waals surface area contributed by atoms with Crippen LogP contribution in [0.5, 0.6) is 0 Å². The maximum atomic E-state index is 6.98. The predicted molar refractivity (Wildman–Crippen MR) is 219 cm³/mol. The van der Waals surface area contributed by atoms with E-state index in [2.05, 4.69) is 168 Å². The first kappa shape index (κ1) is 27.4. The molecule has 0 fully saturated rings. The van der Waals surface area contributed by atoms with Crippen LogP contribution in [0.2, 0.25) is 0 Å². The van der Waals surface area contributed by atoms with E-state index in [0.717, 1.165) is 27.8 Å². The highest BCUT2D eigenvalue weighted by atomic mass is 32.1. The summed E-state index contributed by atoms with van der Waals surface area (Å²) in [7, 11) is 0. The van der Waals surface area contributed by atoms with Gasteiger partial charge in [0.1, 0.15) is 5.58 Å². The second-order valence-electron chi connectivity index (χ2n) is 13.5. The highest BCUT2D eigenvalue weighted by molar-refractivity contribution is 7.26. The van der Waals surface area contributed by atoms with Gasteiger partial charge in [0.25, 0.3) is 0 Å². The topological polar surface area (TPSA) is 18.1 Å². The van der Waals surface area contributed by atoms with Crippen molar-refractivity contribution in [1.29, 1.82) is 0 Å². The monoisotopic (exact) mass is 665 g/mol. The molecule has 0 aliphatic rings. The van der Waals surface area contributed by atoms with Crippen molar-refractivity contribution in [2.45, 2.75) is 0 Å². The van der Waals surface area contributed by atoms with Gasteiger partial charge in [-0.2, -0.15) is 0 Å². The maximum absolute atomic E-state index is 6.98. The Hall–Kier alpha value is -6.42. The van der Waals surface area contributed by atoms with Gasteiger partial charge in [-0.25, -0.2) is 0 Å². The van der Waals surface area contributed by atoms with Crippen molar-refractivity contribution in [3.8, 4) is 16.8 Å². The first-order chi connectivity index (χ1) is 25.3. The molecule has 2 nitrogen and oxygen atoms in total. The zero-order valence-corrected chi connectivity index (χ0v) is 28.2. The van der Waals surface area contributed by atoms with Crippen LogP contribution in [0.1, 0.15) is 0 Å². The Balaban J connectivity index is 1.23. The standard InChI is InChI=1S/C48H27NOS/c1-3-15-34-31(12-1)32-13-2-4-16-35(32)43-42(34)44-37-17-5-8-21-39(37)49(46(44)47-45(43)38-18-6-9-22-40(38)50-47)29-26-24-28(25-27-29)30-19-11-20-36-33-14-7-10-23-41(33)51-48(30)36/h1-27H. The molecule has 9 aromatic carbocycles. The van der Waals surface area contributed by atoms with Crippen LogP contribution in [0, 0.1) is 0 Å². The van der Waals surface area contributed by atoms with Crippen LogP contribution in [0.3, 0.4) is 0 Å². The van der Waals surface area contributed by atoms with Crippen molar-refractivity contribution in [1.82, 2.24) is 4.57 Å². The Morgan fingerprint density at radius 1 is 0.412 bits per heavy atom. The van der Waals surface area contributed by atoms with Gasteiger partial charge in [0.05, 0.1) is 11.0 Å². The van der Waals surface area contributed by atoms with Gasteiger partial charge >= 0.3 is 0 Å². The number of rotatable bonds is 2. The molecule has 0 aliphatic carbocycles. The average molecular weight is 666 g/mol. The SMILES string of the molecule is c1ccc2c(c1)oc1c2c2c3ccccc3c3ccccc3c2c2c3ccccc3n(-c3ccc(-c4cccc5c4sc4ccccc45)cc3)c12. The van der Waals surface area contributed by atoms with Gasteiger partial charge < -0.3 is 8.98 Å². The molecule has 0 unspecified atom stereocenters. The Morgan fingerprint density at radius 3 is 1.76 bits per heavy atom. The van der Waals surface area contributed by atoms with Gasteiger partial charge in [0.2, 0.25) is 0 Å². The van der Waals surface area contributed by atoms with Gasteiger partial charge in [0, 0.05) is 58.2 Å². The molecule has 0 N–H and O–H groups in total. The minimum absolute atomic E-state index is 0.905. The van der Waals surface area contributed by atoms with Crippen LogP contribution in [0.25, 0.3) is 113 Å². The van der Waals surface area contributed by atoms with E-state index in [-0.39, 0.29) is 0 Å². The normalized spacial score (nSPS) is 12.3. The molecule has 0 aliphatic heterocycles. The molecule has 3 heteroatoms. The molecule has 12 aromatic rings. The van der Waals surface area contributed by atoms with Crippen LogP contribution < -0.4 is 0 Å². The van der Waals surface area contributed by atoms with E-state index in [9.17, 15) is 0 Å². The first-order valence-electron chi connectivity index (χ1n) is 17.4. The zero-order valence-electron chi connectivity index (χ0n) is 27.4. The third-order valence-corrected chi connectivity index (χ3v) is 12.2. The fraction of sp³-hybridized carbons (Fsp3) is 0. The van der Waals surface area contributed by atoms with E-state index < -0.39 is 0 Å². The van der Waals surface area contributed by atoms with E-state index in [0.29, 0.717) is 0 Å². The third-order valence-electron chi connectivity index (χ3n) is 11.0. The Labute approximate surface area is 296 Å².